The summed E-state index contributed by atoms with van der Waals surface area (Å²) in [6.07, 6.45) is 1.63. The first kappa shape index (κ1) is 8.12. The van der Waals surface area contributed by atoms with Crippen LogP contribution in [0.25, 0.3) is 5.65 Å². The highest BCUT2D eigenvalue weighted by atomic mass is 15.3. The lowest BCUT2D eigenvalue weighted by Gasteiger charge is -2.02. The molecule has 0 saturated heterocycles. The van der Waals surface area contributed by atoms with Crippen LogP contribution in [-0.4, -0.2) is 19.6 Å². The van der Waals surface area contributed by atoms with Crippen LogP contribution in [-0.2, 0) is 0 Å². The molecule has 0 saturated carbocycles. The van der Waals surface area contributed by atoms with Gasteiger partial charge in [-0.15, -0.1) is 0 Å². The minimum Gasteiger partial charge on any atom is -0.323 e. The Morgan fingerprint density at radius 2 is 2.31 bits per heavy atom. The number of hydrogen-bond acceptors (Lipinski definition) is 4. The molecular weight excluding hydrogens is 166 g/mol. The second-order valence-electron chi connectivity index (χ2n) is 3.06. The van der Waals surface area contributed by atoms with Gasteiger partial charge in [0, 0.05) is 12.1 Å². The summed E-state index contributed by atoms with van der Waals surface area (Å²) in [6, 6.07) is 1.78. The molecule has 1 atom stereocenters. The van der Waals surface area contributed by atoms with Gasteiger partial charge in [-0.05, 0) is 13.8 Å². The summed E-state index contributed by atoms with van der Waals surface area (Å²) in [4.78, 5) is 8.37. The monoisotopic (exact) mass is 177 g/mol. The van der Waals surface area contributed by atoms with Crippen molar-refractivity contribution in [3.05, 3.63) is 23.9 Å². The van der Waals surface area contributed by atoms with Gasteiger partial charge in [0.25, 0.3) is 0 Å². The first-order chi connectivity index (χ1) is 6.16. The minimum absolute atomic E-state index is 0.0676. The highest BCUT2D eigenvalue weighted by Gasteiger charge is 2.04. The molecule has 0 aliphatic heterocycles. The zero-order valence-electron chi connectivity index (χ0n) is 7.60. The van der Waals surface area contributed by atoms with Crippen molar-refractivity contribution in [3.63, 3.8) is 0 Å². The Bertz CT molecular complexity index is 431. The van der Waals surface area contributed by atoms with Crippen molar-refractivity contribution >= 4 is 5.65 Å². The van der Waals surface area contributed by atoms with Crippen molar-refractivity contribution in [2.24, 2.45) is 5.73 Å². The molecule has 0 bridgehead atoms. The average Bonchev–Trinajstić information content (AvgIpc) is 2.42. The first-order valence-corrected chi connectivity index (χ1v) is 4.11. The van der Waals surface area contributed by atoms with Crippen molar-refractivity contribution in [2.75, 3.05) is 0 Å². The Kier molecular flexibility index (Phi) is 1.73. The molecule has 0 fully saturated rings. The highest BCUT2D eigenvalue weighted by molar-refractivity contribution is 5.38. The van der Waals surface area contributed by atoms with Crippen LogP contribution in [0, 0.1) is 6.92 Å². The topological polar surface area (TPSA) is 69.1 Å². The number of nitrogens with zero attached hydrogens (tertiary/aromatic N) is 4. The summed E-state index contributed by atoms with van der Waals surface area (Å²) < 4.78 is 1.64. The Balaban J connectivity index is 2.61. The van der Waals surface area contributed by atoms with Gasteiger partial charge in [-0.2, -0.15) is 5.10 Å². The Morgan fingerprint density at radius 1 is 1.54 bits per heavy atom. The van der Waals surface area contributed by atoms with E-state index >= 15 is 0 Å². The van der Waals surface area contributed by atoms with Crippen molar-refractivity contribution in [1.29, 1.82) is 0 Å². The fraction of sp³-hybridized carbons (Fsp3) is 0.375. The summed E-state index contributed by atoms with van der Waals surface area (Å²) >= 11 is 0. The summed E-state index contributed by atoms with van der Waals surface area (Å²) in [5, 5.41) is 4.12. The van der Waals surface area contributed by atoms with E-state index in [-0.39, 0.29) is 6.04 Å². The van der Waals surface area contributed by atoms with Crippen LogP contribution >= 0.6 is 0 Å². The summed E-state index contributed by atoms with van der Waals surface area (Å²) in [5.41, 5.74) is 7.32. The maximum atomic E-state index is 5.69. The lowest BCUT2D eigenvalue weighted by Crippen LogP contribution is -2.08. The van der Waals surface area contributed by atoms with Crippen LogP contribution in [0.1, 0.15) is 24.5 Å². The molecule has 2 aromatic heterocycles. The van der Waals surface area contributed by atoms with Gasteiger partial charge >= 0.3 is 0 Å². The second-order valence-corrected chi connectivity index (χ2v) is 3.06. The van der Waals surface area contributed by atoms with Gasteiger partial charge in [0.1, 0.15) is 12.2 Å². The van der Waals surface area contributed by atoms with Crippen molar-refractivity contribution in [3.8, 4) is 0 Å². The fourth-order valence-corrected chi connectivity index (χ4v) is 1.17. The van der Waals surface area contributed by atoms with E-state index in [1.165, 1.54) is 0 Å². The maximum Gasteiger partial charge on any atom is 0.159 e. The van der Waals surface area contributed by atoms with E-state index < -0.39 is 0 Å². The van der Waals surface area contributed by atoms with Crippen LogP contribution in [0.4, 0.5) is 0 Å². The molecule has 0 spiro atoms. The number of aryl methyl sites for hydroxylation is 1. The SMILES string of the molecule is Cc1nc2cc(C(C)N)ncn2n1. The first-order valence-electron chi connectivity index (χ1n) is 4.11. The summed E-state index contributed by atoms with van der Waals surface area (Å²) in [7, 11) is 0. The molecule has 13 heavy (non-hydrogen) atoms. The second kappa shape index (κ2) is 2.77. The van der Waals surface area contributed by atoms with Gasteiger partial charge < -0.3 is 5.73 Å². The van der Waals surface area contributed by atoms with Crippen LogP contribution in [0.2, 0.25) is 0 Å². The van der Waals surface area contributed by atoms with Crippen LogP contribution in [0.5, 0.6) is 0 Å². The quantitative estimate of drug-likeness (QED) is 0.686. The van der Waals surface area contributed by atoms with Crippen LogP contribution in [0.15, 0.2) is 12.4 Å². The molecule has 0 radical (unpaired) electrons. The van der Waals surface area contributed by atoms with E-state index in [0.29, 0.717) is 0 Å². The largest absolute Gasteiger partial charge is 0.323 e. The van der Waals surface area contributed by atoms with E-state index in [1.807, 2.05) is 19.9 Å². The third kappa shape index (κ3) is 1.38. The smallest absolute Gasteiger partial charge is 0.159 e. The Labute approximate surface area is 75.6 Å². The number of aromatic nitrogens is 4. The molecule has 0 aliphatic rings. The van der Waals surface area contributed by atoms with Gasteiger partial charge in [-0.1, -0.05) is 0 Å². The zero-order chi connectivity index (χ0) is 9.42. The third-order valence-electron chi connectivity index (χ3n) is 1.82. The Hall–Kier alpha value is -1.49. The van der Waals surface area contributed by atoms with Crippen LogP contribution in [0.3, 0.4) is 0 Å². The van der Waals surface area contributed by atoms with Crippen LogP contribution < -0.4 is 5.73 Å². The summed E-state index contributed by atoms with van der Waals surface area (Å²) in [6.45, 7) is 3.74. The number of rotatable bonds is 1. The van der Waals surface area contributed by atoms with Gasteiger partial charge in [0.15, 0.2) is 5.65 Å². The fourth-order valence-electron chi connectivity index (χ4n) is 1.17. The molecule has 5 heteroatoms. The molecule has 5 nitrogen and oxygen atoms in total. The molecule has 2 aromatic rings. The molecule has 0 amide bonds. The van der Waals surface area contributed by atoms with E-state index in [2.05, 4.69) is 15.1 Å². The van der Waals surface area contributed by atoms with E-state index in [0.717, 1.165) is 17.2 Å². The predicted molar refractivity (Wildman–Crippen MR) is 48.1 cm³/mol. The molecule has 1 unspecified atom stereocenters. The average molecular weight is 177 g/mol. The van der Waals surface area contributed by atoms with Gasteiger partial charge in [-0.25, -0.2) is 14.5 Å². The van der Waals surface area contributed by atoms with Crippen molar-refractivity contribution in [2.45, 2.75) is 19.9 Å². The number of nitrogens with two attached hydrogens (primary N) is 1. The normalized spacial score (nSPS) is 13.5. The predicted octanol–water partition coefficient (Wildman–Crippen LogP) is 0.452. The Morgan fingerprint density at radius 3 is 3.00 bits per heavy atom. The summed E-state index contributed by atoms with van der Waals surface area (Å²) in [5.74, 6) is 0.739. The standard InChI is InChI=1S/C8H11N5/c1-5(9)7-3-8-11-6(2)12-13(8)4-10-7/h3-5H,9H2,1-2H3. The van der Waals surface area contributed by atoms with E-state index in [9.17, 15) is 0 Å². The number of fused-ring (bicyclic) bond motifs is 1. The molecular formula is C8H11N5. The molecule has 2 heterocycles. The van der Waals surface area contributed by atoms with Gasteiger partial charge in [0.05, 0.1) is 5.69 Å². The van der Waals surface area contributed by atoms with Crippen molar-refractivity contribution in [1.82, 2.24) is 19.6 Å². The zero-order valence-corrected chi connectivity index (χ0v) is 7.60. The molecule has 2 N–H and O–H groups in total. The van der Waals surface area contributed by atoms with Gasteiger partial charge in [-0.3, -0.25) is 0 Å². The molecule has 0 aliphatic carbocycles. The maximum absolute atomic E-state index is 5.69. The third-order valence-corrected chi connectivity index (χ3v) is 1.82. The molecule has 0 aromatic carbocycles. The lowest BCUT2D eigenvalue weighted by atomic mass is 10.2. The lowest BCUT2D eigenvalue weighted by molar-refractivity contribution is 0.763. The van der Waals surface area contributed by atoms with Gasteiger partial charge in [0.2, 0.25) is 0 Å². The molecule has 2 rings (SSSR count). The van der Waals surface area contributed by atoms with Crippen molar-refractivity contribution < 1.29 is 0 Å². The minimum atomic E-state index is -0.0676. The number of hydrogen-bond donors (Lipinski definition) is 1. The highest BCUT2D eigenvalue weighted by Crippen LogP contribution is 2.07. The van der Waals surface area contributed by atoms with E-state index in [4.69, 9.17) is 5.73 Å². The molecule has 68 valence electrons. The van der Waals surface area contributed by atoms with E-state index in [1.54, 1.807) is 10.8 Å².